The highest BCUT2D eigenvalue weighted by Crippen LogP contribution is 2.13. The lowest BCUT2D eigenvalue weighted by Crippen LogP contribution is -2.58. The van der Waals surface area contributed by atoms with E-state index in [4.69, 9.17) is 0 Å². The summed E-state index contributed by atoms with van der Waals surface area (Å²) in [6.07, 6.45) is 2.21. The van der Waals surface area contributed by atoms with Crippen LogP contribution in [0.25, 0.3) is 0 Å². The molecule has 2 N–H and O–H groups in total. The Morgan fingerprint density at radius 2 is 2.07 bits per heavy atom. The summed E-state index contributed by atoms with van der Waals surface area (Å²) in [5.74, 6) is 0. The first kappa shape index (κ1) is 10.4. The van der Waals surface area contributed by atoms with Gasteiger partial charge in [-0.25, -0.2) is 12.7 Å². The number of nitrogens with zero attached hydrogens (tertiary/aromatic N) is 1. The zero-order valence-electron chi connectivity index (χ0n) is 8.36. The van der Waals surface area contributed by atoms with Crippen molar-refractivity contribution in [1.29, 1.82) is 0 Å². The van der Waals surface area contributed by atoms with Crippen LogP contribution in [0.3, 0.4) is 0 Å². The van der Waals surface area contributed by atoms with E-state index in [1.54, 1.807) is 4.31 Å². The predicted octanol–water partition coefficient (Wildman–Crippen LogP) is -1.42. The molecule has 0 radical (unpaired) electrons. The molecule has 0 aromatic carbocycles. The van der Waals surface area contributed by atoms with Gasteiger partial charge in [-0.2, -0.15) is 0 Å². The van der Waals surface area contributed by atoms with E-state index in [-0.39, 0.29) is 0 Å². The van der Waals surface area contributed by atoms with Gasteiger partial charge in [-0.3, -0.25) is 0 Å². The van der Waals surface area contributed by atoms with E-state index >= 15 is 0 Å². The third-order valence-electron chi connectivity index (χ3n) is 2.87. The first-order chi connectivity index (χ1) is 6.55. The average Bonchev–Trinajstić information content (AvgIpc) is 2.43. The summed E-state index contributed by atoms with van der Waals surface area (Å²) >= 11 is 0. The van der Waals surface area contributed by atoms with Gasteiger partial charge >= 0.3 is 0 Å². The number of hydrogen-bond acceptors (Lipinski definition) is 4. The molecule has 2 saturated heterocycles. The summed E-state index contributed by atoms with van der Waals surface area (Å²) in [6.45, 7) is 3.32. The van der Waals surface area contributed by atoms with Gasteiger partial charge in [0.25, 0.3) is 0 Å². The Morgan fingerprint density at radius 3 is 2.50 bits per heavy atom. The van der Waals surface area contributed by atoms with Crippen molar-refractivity contribution in [1.82, 2.24) is 14.9 Å². The van der Waals surface area contributed by atoms with Gasteiger partial charge in [0, 0.05) is 38.3 Å². The molecule has 14 heavy (non-hydrogen) atoms. The standard InChI is InChI=1S/C8H17N3O2S/c1-14(12,13)11-3-2-7(6-11)10-8-4-9-5-8/h7-10H,2-6H2,1H3. The fourth-order valence-corrected chi connectivity index (χ4v) is 2.79. The van der Waals surface area contributed by atoms with Gasteiger partial charge in [-0.15, -0.1) is 0 Å². The molecular weight excluding hydrogens is 202 g/mol. The molecule has 0 aromatic heterocycles. The van der Waals surface area contributed by atoms with Crippen molar-refractivity contribution in [2.24, 2.45) is 0 Å². The van der Waals surface area contributed by atoms with Gasteiger partial charge in [0.1, 0.15) is 0 Å². The molecule has 2 fully saturated rings. The summed E-state index contributed by atoms with van der Waals surface area (Å²) in [6, 6.07) is 0.885. The summed E-state index contributed by atoms with van der Waals surface area (Å²) in [5, 5.41) is 6.63. The average molecular weight is 219 g/mol. The van der Waals surface area contributed by atoms with Crippen LogP contribution in [0.4, 0.5) is 0 Å². The Morgan fingerprint density at radius 1 is 1.36 bits per heavy atom. The third-order valence-corrected chi connectivity index (χ3v) is 4.14. The molecule has 2 aliphatic rings. The fourth-order valence-electron chi connectivity index (χ4n) is 1.91. The van der Waals surface area contributed by atoms with Gasteiger partial charge in [-0.1, -0.05) is 0 Å². The van der Waals surface area contributed by atoms with Gasteiger partial charge < -0.3 is 10.6 Å². The number of nitrogens with one attached hydrogen (secondary N) is 2. The van der Waals surface area contributed by atoms with Gasteiger partial charge in [0.05, 0.1) is 6.26 Å². The van der Waals surface area contributed by atoms with E-state index in [1.165, 1.54) is 6.26 Å². The molecule has 2 aliphatic heterocycles. The lowest BCUT2D eigenvalue weighted by Gasteiger charge is -2.31. The zero-order chi connectivity index (χ0) is 10.2. The molecule has 0 bridgehead atoms. The summed E-state index contributed by atoms with van der Waals surface area (Å²) < 4.78 is 24.0. The number of hydrogen-bond donors (Lipinski definition) is 2. The molecule has 1 unspecified atom stereocenters. The van der Waals surface area contributed by atoms with Crippen molar-refractivity contribution < 1.29 is 8.42 Å². The number of rotatable bonds is 3. The maximum Gasteiger partial charge on any atom is 0.211 e. The summed E-state index contributed by atoms with van der Waals surface area (Å²) in [5.41, 5.74) is 0. The molecular formula is C8H17N3O2S. The lowest BCUT2D eigenvalue weighted by molar-refractivity contribution is 0.329. The lowest BCUT2D eigenvalue weighted by atomic mass is 10.1. The van der Waals surface area contributed by atoms with Crippen LogP contribution in [0, 0.1) is 0 Å². The zero-order valence-corrected chi connectivity index (χ0v) is 9.18. The van der Waals surface area contributed by atoms with Crippen molar-refractivity contribution in [2.75, 3.05) is 32.4 Å². The van der Waals surface area contributed by atoms with Crippen molar-refractivity contribution in [3.05, 3.63) is 0 Å². The fraction of sp³-hybridized carbons (Fsp3) is 1.00. The molecule has 5 nitrogen and oxygen atoms in total. The second-order valence-electron chi connectivity index (χ2n) is 4.13. The van der Waals surface area contributed by atoms with Gasteiger partial charge in [0.15, 0.2) is 0 Å². The van der Waals surface area contributed by atoms with Crippen LogP contribution < -0.4 is 10.6 Å². The molecule has 82 valence electrons. The van der Waals surface area contributed by atoms with E-state index in [0.717, 1.165) is 19.5 Å². The highest BCUT2D eigenvalue weighted by atomic mass is 32.2. The highest BCUT2D eigenvalue weighted by Gasteiger charge is 2.30. The predicted molar refractivity (Wildman–Crippen MR) is 54.6 cm³/mol. The summed E-state index contributed by atoms with van der Waals surface area (Å²) in [7, 11) is -2.98. The Kier molecular flexibility index (Phi) is 2.79. The van der Waals surface area contributed by atoms with Crippen molar-refractivity contribution in [2.45, 2.75) is 18.5 Å². The molecule has 1 atom stereocenters. The number of sulfonamides is 1. The quantitative estimate of drug-likeness (QED) is 0.612. The minimum atomic E-state index is -2.98. The normalized spacial score (nSPS) is 30.5. The van der Waals surface area contributed by atoms with Gasteiger partial charge in [0.2, 0.25) is 10.0 Å². The second-order valence-corrected chi connectivity index (χ2v) is 6.11. The molecule has 6 heteroatoms. The monoisotopic (exact) mass is 219 g/mol. The van der Waals surface area contributed by atoms with Crippen LogP contribution in [0.5, 0.6) is 0 Å². The molecule has 0 saturated carbocycles. The highest BCUT2D eigenvalue weighted by molar-refractivity contribution is 7.88. The van der Waals surface area contributed by atoms with E-state index in [0.29, 0.717) is 25.2 Å². The summed E-state index contributed by atoms with van der Waals surface area (Å²) in [4.78, 5) is 0. The first-order valence-electron chi connectivity index (χ1n) is 4.97. The van der Waals surface area contributed by atoms with Crippen LogP contribution in [0.15, 0.2) is 0 Å². The Hall–Kier alpha value is -0.170. The Labute approximate surface area is 84.9 Å². The minimum Gasteiger partial charge on any atom is -0.314 e. The maximum absolute atomic E-state index is 11.2. The molecule has 0 aromatic rings. The van der Waals surface area contributed by atoms with Crippen LogP contribution in [-0.4, -0.2) is 57.2 Å². The SMILES string of the molecule is CS(=O)(=O)N1CCC(NC2CNC2)C1. The molecule has 2 rings (SSSR count). The topological polar surface area (TPSA) is 61.4 Å². The van der Waals surface area contributed by atoms with E-state index < -0.39 is 10.0 Å². The third kappa shape index (κ3) is 2.25. The van der Waals surface area contributed by atoms with Crippen molar-refractivity contribution in [3.63, 3.8) is 0 Å². The van der Waals surface area contributed by atoms with Gasteiger partial charge in [-0.05, 0) is 6.42 Å². The minimum absolute atomic E-state index is 0.344. The maximum atomic E-state index is 11.2. The smallest absolute Gasteiger partial charge is 0.211 e. The van der Waals surface area contributed by atoms with Crippen LogP contribution in [-0.2, 0) is 10.0 Å². The van der Waals surface area contributed by atoms with Crippen molar-refractivity contribution >= 4 is 10.0 Å². The van der Waals surface area contributed by atoms with Crippen LogP contribution in [0.2, 0.25) is 0 Å². The molecule has 0 amide bonds. The first-order valence-corrected chi connectivity index (χ1v) is 6.82. The molecule has 0 aliphatic carbocycles. The Bertz CT molecular complexity index is 300. The molecule has 2 heterocycles. The van der Waals surface area contributed by atoms with Crippen molar-refractivity contribution in [3.8, 4) is 0 Å². The van der Waals surface area contributed by atoms with E-state index in [2.05, 4.69) is 10.6 Å². The second kappa shape index (κ2) is 3.77. The molecule has 0 spiro atoms. The Balaban J connectivity index is 1.82. The van der Waals surface area contributed by atoms with E-state index in [9.17, 15) is 8.42 Å². The van der Waals surface area contributed by atoms with Crippen LogP contribution in [0.1, 0.15) is 6.42 Å². The van der Waals surface area contributed by atoms with Crippen LogP contribution >= 0.6 is 0 Å². The van der Waals surface area contributed by atoms with E-state index in [1.807, 2.05) is 0 Å². The largest absolute Gasteiger partial charge is 0.314 e.